The molecule has 0 fully saturated rings. The quantitative estimate of drug-likeness (QED) is 0.921. The lowest BCUT2D eigenvalue weighted by Crippen LogP contribution is -2.05. The molecule has 0 aliphatic carbocycles. The number of aliphatic hydroxyl groups is 1. The van der Waals surface area contributed by atoms with Crippen molar-refractivity contribution in [2.45, 2.75) is 13.0 Å². The van der Waals surface area contributed by atoms with Crippen molar-refractivity contribution in [2.24, 2.45) is 0 Å². The highest BCUT2D eigenvalue weighted by Gasteiger charge is 2.20. The molecule has 0 saturated carbocycles. The Morgan fingerprint density at radius 3 is 2.15 bits per heavy atom. The Hall–Kier alpha value is -1.52. The minimum absolute atomic E-state index is 0.609. The smallest absolute Gasteiger partial charge is 0.128 e. The van der Waals surface area contributed by atoms with Gasteiger partial charge < -0.3 is 14.6 Å². The van der Waals surface area contributed by atoms with Crippen LogP contribution in [0.4, 0.5) is 0 Å². The van der Waals surface area contributed by atoms with E-state index in [9.17, 15) is 5.11 Å². The zero-order valence-electron chi connectivity index (χ0n) is 11.7. The van der Waals surface area contributed by atoms with Crippen molar-refractivity contribution in [1.29, 1.82) is 0 Å². The maximum Gasteiger partial charge on any atom is 0.128 e. The highest BCUT2D eigenvalue weighted by Crippen LogP contribution is 2.37. The van der Waals surface area contributed by atoms with Crippen LogP contribution in [-0.4, -0.2) is 19.3 Å². The van der Waals surface area contributed by atoms with Crippen molar-refractivity contribution in [3.63, 3.8) is 0 Å². The number of hydrogen-bond donors (Lipinski definition) is 1. The Labute approximate surface area is 127 Å². The summed E-state index contributed by atoms with van der Waals surface area (Å²) in [5.74, 6) is 1.22. The van der Waals surface area contributed by atoms with Crippen molar-refractivity contribution in [3.05, 3.63) is 57.6 Å². The van der Waals surface area contributed by atoms with Gasteiger partial charge in [-0.3, -0.25) is 0 Å². The van der Waals surface area contributed by atoms with Crippen LogP contribution in [0.1, 0.15) is 22.8 Å². The van der Waals surface area contributed by atoms with E-state index in [-0.39, 0.29) is 0 Å². The molecule has 1 N–H and O–H groups in total. The fraction of sp³-hybridized carbons (Fsp3) is 0.250. The van der Waals surface area contributed by atoms with Crippen molar-refractivity contribution >= 4 is 15.9 Å². The van der Waals surface area contributed by atoms with E-state index in [2.05, 4.69) is 15.9 Å². The largest absolute Gasteiger partial charge is 0.496 e. The van der Waals surface area contributed by atoms with Gasteiger partial charge in [-0.25, -0.2) is 0 Å². The Kier molecular flexibility index (Phi) is 4.68. The molecule has 20 heavy (non-hydrogen) atoms. The summed E-state index contributed by atoms with van der Waals surface area (Å²) < 4.78 is 11.7. The number of hydrogen-bond acceptors (Lipinski definition) is 3. The summed E-state index contributed by atoms with van der Waals surface area (Å²) in [6.07, 6.45) is -0.798. The lowest BCUT2D eigenvalue weighted by atomic mass is 9.98. The van der Waals surface area contributed by atoms with Crippen molar-refractivity contribution in [1.82, 2.24) is 0 Å². The maximum atomic E-state index is 10.7. The lowest BCUT2D eigenvalue weighted by molar-refractivity contribution is 0.208. The highest BCUT2D eigenvalue weighted by atomic mass is 79.9. The zero-order valence-corrected chi connectivity index (χ0v) is 13.3. The third-order valence-corrected chi connectivity index (χ3v) is 4.13. The van der Waals surface area contributed by atoms with Gasteiger partial charge in [-0.15, -0.1) is 0 Å². The molecule has 0 saturated heterocycles. The van der Waals surface area contributed by atoms with Crippen LogP contribution in [0.2, 0.25) is 0 Å². The first kappa shape index (κ1) is 14.9. The van der Waals surface area contributed by atoms with Crippen molar-refractivity contribution in [3.8, 4) is 11.5 Å². The number of aliphatic hydroxyl groups excluding tert-OH is 1. The molecule has 0 aromatic heterocycles. The fourth-order valence-corrected chi connectivity index (χ4v) is 2.40. The van der Waals surface area contributed by atoms with Crippen molar-refractivity contribution in [2.75, 3.05) is 14.2 Å². The topological polar surface area (TPSA) is 38.7 Å². The van der Waals surface area contributed by atoms with Gasteiger partial charge in [0.15, 0.2) is 0 Å². The van der Waals surface area contributed by atoms with Crippen LogP contribution in [0, 0.1) is 6.92 Å². The van der Waals surface area contributed by atoms with Crippen LogP contribution in [0.15, 0.2) is 40.9 Å². The van der Waals surface area contributed by atoms with Crippen LogP contribution in [0.3, 0.4) is 0 Å². The molecule has 4 heteroatoms. The molecule has 0 amide bonds. The summed E-state index contributed by atoms with van der Waals surface area (Å²) in [4.78, 5) is 0. The summed E-state index contributed by atoms with van der Waals surface area (Å²) in [7, 11) is 3.16. The molecule has 0 radical (unpaired) electrons. The summed E-state index contributed by atoms with van der Waals surface area (Å²) >= 11 is 3.46. The monoisotopic (exact) mass is 336 g/mol. The van der Waals surface area contributed by atoms with Gasteiger partial charge in [-0.2, -0.15) is 0 Å². The Bertz CT molecular complexity index is 588. The van der Waals surface area contributed by atoms with E-state index in [0.717, 1.165) is 15.6 Å². The van der Waals surface area contributed by atoms with Crippen LogP contribution in [-0.2, 0) is 0 Å². The van der Waals surface area contributed by atoms with Gasteiger partial charge in [0.2, 0.25) is 0 Å². The van der Waals surface area contributed by atoms with E-state index in [1.165, 1.54) is 0 Å². The molecule has 2 rings (SSSR count). The molecule has 0 bridgehead atoms. The molecule has 2 aromatic rings. The van der Waals surface area contributed by atoms with E-state index in [1.807, 2.05) is 43.3 Å². The second-order valence-electron chi connectivity index (χ2n) is 4.49. The first-order chi connectivity index (χ1) is 9.58. The van der Waals surface area contributed by atoms with Crippen LogP contribution in [0.25, 0.3) is 0 Å². The summed E-state index contributed by atoms with van der Waals surface area (Å²) in [6.45, 7) is 1.99. The first-order valence-corrected chi connectivity index (χ1v) is 7.02. The average molecular weight is 337 g/mol. The zero-order chi connectivity index (χ0) is 14.7. The van der Waals surface area contributed by atoms with Gasteiger partial charge in [-0.1, -0.05) is 34.1 Å². The van der Waals surface area contributed by atoms with E-state index >= 15 is 0 Å². The van der Waals surface area contributed by atoms with Gasteiger partial charge >= 0.3 is 0 Å². The Balaban J connectivity index is 2.51. The second-order valence-corrected chi connectivity index (χ2v) is 5.34. The number of methoxy groups -OCH3 is 2. The number of rotatable bonds is 4. The van der Waals surface area contributed by atoms with Crippen molar-refractivity contribution < 1.29 is 14.6 Å². The third-order valence-electron chi connectivity index (χ3n) is 3.24. The number of ether oxygens (including phenoxy) is 2. The number of aryl methyl sites for hydroxylation is 1. The number of halogens is 1. The summed E-state index contributed by atoms with van der Waals surface area (Å²) in [5, 5.41) is 10.7. The van der Waals surface area contributed by atoms with E-state index in [1.54, 1.807) is 14.2 Å². The van der Waals surface area contributed by atoms with Gasteiger partial charge in [0.1, 0.15) is 17.6 Å². The molecular weight excluding hydrogens is 320 g/mol. The molecular formula is C16H17BrO3. The third kappa shape index (κ3) is 2.81. The van der Waals surface area contributed by atoms with Gasteiger partial charge in [-0.05, 0) is 36.2 Å². The van der Waals surface area contributed by atoms with E-state index in [0.29, 0.717) is 17.1 Å². The SMILES string of the molecule is COc1cccc(OC)c1C(O)c1ccc(Br)c(C)c1. The molecule has 2 aromatic carbocycles. The maximum absolute atomic E-state index is 10.7. The minimum Gasteiger partial charge on any atom is -0.496 e. The van der Waals surface area contributed by atoms with Crippen LogP contribution < -0.4 is 9.47 Å². The van der Waals surface area contributed by atoms with E-state index < -0.39 is 6.10 Å². The summed E-state index contributed by atoms with van der Waals surface area (Å²) in [5.41, 5.74) is 2.50. The fourth-order valence-electron chi connectivity index (χ4n) is 2.15. The summed E-state index contributed by atoms with van der Waals surface area (Å²) in [6, 6.07) is 11.2. The Morgan fingerprint density at radius 1 is 1.05 bits per heavy atom. The van der Waals surface area contributed by atoms with Gasteiger partial charge in [0.25, 0.3) is 0 Å². The molecule has 0 spiro atoms. The first-order valence-electron chi connectivity index (χ1n) is 6.23. The normalized spacial score (nSPS) is 12.1. The molecule has 0 aliphatic rings. The molecule has 3 nitrogen and oxygen atoms in total. The van der Waals surface area contributed by atoms with Gasteiger partial charge in [0.05, 0.1) is 19.8 Å². The molecule has 1 unspecified atom stereocenters. The van der Waals surface area contributed by atoms with Crippen LogP contribution in [0.5, 0.6) is 11.5 Å². The average Bonchev–Trinajstić information content (AvgIpc) is 2.48. The molecule has 0 heterocycles. The second kappa shape index (κ2) is 6.29. The molecule has 106 valence electrons. The van der Waals surface area contributed by atoms with E-state index in [4.69, 9.17) is 9.47 Å². The Morgan fingerprint density at radius 2 is 1.65 bits per heavy atom. The predicted molar refractivity (Wildman–Crippen MR) is 82.5 cm³/mol. The molecule has 1 atom stereocenters. The highest BCUT2D eigenvalue weighted by molar-refractivity contribution is 9.10. The predicted octanol–water partition coefficient (Wildman–Crippen LogP) is 3.86. The number of benzene rings is 2. The molecule has 0 aliphatic heterocycles. The standard InChI is InChI=1S/C16H17BrO3/c1-10-9-11(7-8-12(10)17)16(18)15-13(19-2)5-4-6-14(15)20-3/h4-9,16,18H,1-3H3. The lowest BCUT2D eigenvalue weighted by Gasteiger charge is -2.19. The van der Waals surface area contributed by atoms with Gasteiger partial charge in [0, 0.05) is 4.47 Å². The van der Waals surface area contributed by atoms with Crippen LogP contribution >= 0.6 is 15.9 Å². The minimum atomic E-state index is -0.798.